The molecule has 0 fully saturated rings. The third kappa shape index (κ3) is 3.40. The number of methoxy groups -OCH3 is 3. The Morgan fingerprint density at radius 1 is 1.00 bits per heavy atom. The van der Waals surface area contributed by atoms with Gasteiger partial charge in [0, 0.05) is 22.2 Å². The van der Waals surface area contributed by atoms with E-state index in [0.717, 1.165) is 10.1 Å². The van der Waals surface area contributed by atoms with Gasteiger partial charge in [-0.05, 0) is 18.2 Å². The Morgan fingerprint density at radius 3 is 2.38 bits per heavy atom. The van der Waals surface area contributed by atoms with E-state index in [-0.39, 0.29) is 5.91 Å². The minimum Gasteiger partial charge on any atom is -0.497 e. The molecule has 8 heteroatoms. The van der Waals surface area contributed by atoms with Gasteiger partial charge >= 0.3 is 0 Å². The predicted molar refractivity (Wildman–Crippen MR) is 106 cm³/mol. The number of nitrogens with one attached hydrogen (secondary N) is 1. The van der Waals surface area contributed by atoms with Crippen LogP contribution in [0.15, 0.2) is 30.3 Å². The predicted octanol–water partition coefficient (Wildman–Crippen LogP) is 5.49. The third-order valence-electron chi connectivity index (χ3n) is 3.76. The zero-order valence-corrected chi connectivity index (χ0v) is 16.5. The Balaban J connectivity index is 1.98. The lowest BCUT2D eigenvalue weighted by Gasteiger charge is -2.12. The quantitative estimate of drug-likeness (QED) is 0.603. The van der Waals surface area contributed by atoms with E-state index in [2.05, 4.69) is 5.32 Å². The molecule has 0 aliphatic carbocycles. The van der Waals surface area contributed by atoms with Crippen LogP contribution in [0.25, 0.3) is 10.1 Å². The van der Waals surface area contributed by atoms with Crippen LogP contribution in [0.4, 0.5) is 5.69 Å². The van der Waals surface area contributed by atoms with Gasteiger partial charge in [0.25, 0.3) is 5.91 Å². The van der Waals surface area contributed by atoms with Crippen LogP contribution in [-0.4, -0.2) is 27.2 Å². The van der Waals surface area contributed by atoms with Crippen LogP contribution in [0.2, 0.25) is 10.0 Å². The van der Waals surface area contributed by atoms with Crippen LogP contribution in [0.5, 0.6) is 17.2 Å². The van der Waals surface area contributed by atoms with Crippen LogP contribution in [0, 0.1) is 0 Å². The molecule has 0 unspecified atom stereocenters. The standard InChI is InChI=1S/C18H15Cl2NO4S/c1-23-9-4-5-15-10(6-9)16(20)17(26-15)18(22)21-12-8-13(24-2)11(19)7-14(12)25-3/h4-8H,1-3H3,(H,21,22). The molecule has 1 heterocycles. The minimum atomic E-state index is -0.349. The number of carbonyl (C=O) groups excluding carboxylic acids is 1. The van der Waals surface area contributed by atoms with Crippen LogP contribution >= 0.6 is 34.5 Å². The lowest BCUT2D eigenvalue weighted by Crippen LogP contribution is -2.11. The zero-order valence-electron chi connectivity index (χ0n) is 14.2. The van der Waals surface area contributed by atoms with Crippen molar-refractivity contribution in [3.63, 3.8) is 0 Å². The number of thiophene rings is 1. The van der Waals surface area contributed by atoms with Crippen molar-refractivity contribution >= 4 is 56.2 Å². The van der Waals surface area contributed by atoms with Crippen molar-refractivity contribution in [2.75, 3.05) is 26.6 Å². The summed E-state index contributed by atoms with van der Waals surface area (Å²) in [5.41, 5.74) is 0.435. The Kier molecular flexibility index (Phi) is 5.46. The topological polar surface area (TPSA) is 56.8 Å². The van der Waals surface area contributed by atoms with Crippen molar-refractivity contribution in [3.05, 3.63) is 45.3 Å². The second kappa shape index (κ2) is 7.61. The molecular formula is C18H15Cl2NO4S. The van der Waals surface area contributed by atoms with Gasteiger partial charge < -0.3 is 19.5 Å². The molecule has 5 nitrogen and oxygen atoms in total. The molecule has 26 heavy (non-hydrogen) atoms. The van der Waals surface area contributed by atoms with Crippen molar-refractivity contribution in [1.29, 1.82) is 0 Å². The monoisotopic (exact) mass is 411 g/mol. The van der Waals surface area contributed by atoms with Gasteiger partial charge in [-0.2, -0.15) is 0 Å². The van der Waals surface area contributed by atoms with Crippen LogP contribution < -0.4 is 19.5 Å². The number of ether oxygens (including phenoxy) is 3. The summed E-state index contributed by atoms with van der Waals surface area (Å²) in [6.07, 6.45) is 0. The van der Waals surface area contributed by atoms with E-state index < -0.39 is 0 Å². The Morgan fingerprint density at radius 2 is 1.73 bits per heavy atom. The van der Waals surface area contributed by atoms with E-state index >= 15 is 0 Å². The van der Waals surface area contributed by atoms with Crippen molar-refractivity contribution in [3.8, 4) is 17.2 Å². The molecule has 0 spiro atoms. The molecule has 0 radical (unpaired) electrons. The number of hydrogen-bond acceptors (Lipinski definition) is 5. The summed E-state index contributed by atoms with van der Waals surface area (Å²) in [6.45, 7) is 0. The maximum absolute atomic E-state index is 12.8. The first-order valence-electron chi connectivity index (χ1n) is 7.47. The highest BCUT2D eigenvalue weighted by molar-refractivity contribution is 7.21. The average molecular weight is 412 g/mol. The Hall–Kier alpha value is -2.15. The number of hydrogen-bond donors (Lipinski definition) is 1. The highest BCUT2D eigenvalue weighted by atomic mass is 35.5. The lowest BCUT2D eigenvalue weighted by molar-refractivity contribution is 0.103. The Bertz CT molecular complexity index is 987. The molecular weight excluding hydrogens is 397 g/mol. The summed E-state index contributed by atoms with van der Waals surface area (Å²) in [4.78, 5) is 13.2. The van der Waals surface area contributed by atoms with Crippen LogP contribution in [0.3, 0.4) is 0 Å². The number of fused-ring (bicyclic) bond motifs is 1. The van der Waals surface area contributed by atoms with Crippen molar-refractivity contribution in [2.24, 2.45) is 0 Å². The van der Waals surface area contributed by atoms with E-state index in [4.69, 9.17) is 37.4 Å². The van der Waals surface area contributed by atoms with Crippen LogP contribution in [-0.2, 0) is 0 Å². The maximum Gasteiger partial charge on any atom is 0.267 e. The number of amides is 1. The molecule has 0 aliphatic rings. The Labute approximate surface area is 164 Å². The van der Waals surface area contributed by atoms with E-state index in [1.165, 1.54) is 25.6 Å². The van der Waals surface area contributed by atoms with Gasteiger partial charge in [0.1, 0.15) is 22.1 Å². The molecule has 0 saturated heterocycles. The molecule has 0 aliphatic heterocycles. The molecule has 1 aromatic heterocycles. The highest BCUT2D eigenvalue weighted by Gasteiger charge is 2.20. The maximum atomic E-state index is 12.8. The minimum absolute atomic E-state index is 0.349. The number of rotatable bonds is 5. The van der Waals surface area contributed by atoms with E-state index in [1.54, 1.807) is 25.3 Å². The molecule has 1 N–H and O–H groups in total. The lowest BCUT2D eigenvalue weighted by atomic mass is 10.2. The van der Waals surface area contributed by atoms with E-state index in [9.17, 15) is 4.79 Å². The first-order valence-corrected chi connectivity index (χ1v) is 9.04. The van der Waals surface area contributed by atoms with Gasteiger partial charge in [0.2, 0.25) is 0 Å². The molecule has 3 rings (SSSR count). The smallest absolute Gasteiger partial charge is 0.267 e. The fraction of sp³-hybridized carbons (Fsp3) is 0.167. The van der Waals surface area contributed by atoms with Gasteiger partial charge in [-0.25, -0.2) is 0 Å². The first-order chi connectivity index (χ1) is 12.5. The average Bonchev–Trinajstić information content (AvgIpc) is 2.98. The molecule has 2 aromatic carbocycles. The van der Waals surface area contributed by atoms with Crippen molar-refractivity contribution in [1.82, 2.24) is 0 Å². The number of benzene rings is 2. The molecule has 3 aromatic rings. The molecule has 0 bridgehead atoms. The molecule has 0 saturated carbocycles. The molecule has 136 valence electrons. The van der Waals surface area contributed by atoms with Crippen molar-refractivity contribution < 1.29 is 19.0 Å². The summed E-state index contributed by atoms with van der Waals surface area (Å²) in [7, 11) is 4.57. The second-order valence-electron chi connectivity index (χ2n) is 5.25. The normalized spacial score (nSPS) is 10.7. The van der Waals surface area contributed by atoms with Gasteiger partial charge in [-0.1, -0.05) is 23.2 Å². The summed E-state index contributed by atoms with van der Waals surface area (Å²) in [6, 6.07) is 8.67. The SMILES string of the molecule is COc1ccc2sc(C(=O)Nc3cc(OC)c(Cl)cc3OC)c(Cl)c2c1. The number of anilines is 1. The van der Waals surface area contributed by atoms with Gasteiger partial charge in [-0.15, -0.1) is 11.3 Å². The second-order valence-corrected chi connectivity index (χ2v) is 7.09. The van der Waals surface area contributed by atoms with E-state index in [0.29, 0.717) is 37.9 Å². The molecule has 0 atom stereocenters. The number of carbonyl (C=O) groups is 1. The summed E-state index contributed by atoms with van der Waals surface area (Å²) in [5, 5.41) is 4.33. The van der Waals surface area contributed by atoms with Gasteiger partial charge in [-0.3, -0.25) is 4.79 Å². The van der Waals surface area contributed by atoms with Gasteiger partial charge in [0.15, 0.2) is 0 Å². The summed E-state index contributed by atoms with van der Waals surface area (Å²) in [5.74, 6) is 1.17. The van der Waals surface area contributed by atoms with Gasteiger partial charge in [0.05, 0.1) is 37.1 Å². The summed E-state index contributed by atoms with van der Waals surface area (Å²) >= 11 is 13.8. The van der Waals surface area contributed by atoms with Crippen molar-refractivity contribution in [2.45, 2.75) is 0 Å². The largest absolute Gasteiger partial charge is 0.497 e. The molecule has 1 amide bonds. The fourth-order valence-electron chi connectivity index (χ4n) is 2.46. The fourth-order valence-corrected chi connectivity index (χ4v) is 4.07. The summed E-state index contributed by atoms with van der Waals surface area (Å²) < 4.78 is 16.6. The first kappa shape index (κ1) is 18.6. The van der Waals surface area contributed by atoms with E-state index in [1.807, 2.05) is 12.1 Å². The van der Waals surface area contributed by atoms with Crippen LogP contribution in [0.1, 0.15) is 9.67 Å². The number of halogens is 2. The highest BCUT2D eigenvalue weighted by Crippen LogP contribution is 2.39. The zero-order chi connectivity index (χ0) is 18.8. The third-order valence-corrected chi connectivity index (χ3v) is 5.73.